The molecule has 0 aliphatic heterocycles. The largest absolute Gasteiger partial charge is 0.292 e. The van der Waals surface area contributed by atoms with Gasteiger partial charge in [-0.1, -0.05) is 25.7 Å². The van der Waals surface area contributed by atoms with E-state index in [1.165, 1.54) is 6.21 Å². The van der Waals surface area contributed by atoms with E-state index in [4.69, 9.17) is 0 Å². The second-order valence-corrected chi connectivity index (χ2v) is 1.96. The number of allylic oxidation sites excluding steroid dienone is 3. The van der Waals surface area contributed by atoms with Gasteiger partial charge >= 0.3 is 0 Å². The summed E-state index contributed by atoms with van der Waals surface area (Å²) in [6.07, 6.45) is 5.26. The summed E-state index contributed by atoms with van der Waals surface area (Å²) in [5.41, 5.74) is 0.507. The van der Waals surface area contributed by atoms with Crippen molar-refractivity contribution in [3.8, 4) is 0 Å². The van der Waals surface area contributed by atoms with Crippen LogP contribution in [0.5, 0.6) is 0 Å². The SMILES string of the molecule is C=CC=N/C(=C\C)C(=O)CC. The Morgan fingerprint density at radius 2 is 2.27 bits per heavy atom. The lowest BCUT2D eigenvalue weighted by Gasteiger charge is -1.94. The fourth-order valence-corrected chi connectivity index (χ4v) is 0.622. The molecule has 0 rings (SSSR count). The van der Waals surface area contributed by atoms with E-state index in [1.54, 1.807) is 19.1 Å². The molecule has 60 valence electrons. The zero-order valence-electron chi connectivity index (χ0n) is 7.00. The minimum absolute atomic E-state index is 0.0607. The van der Waals surface area contributed by atoms with Gasteiger partial charge in [-0.25, -0.2) is 0 Å². The standard InChI is InChI=1S/C9H13NO/c1-4-7-10-8(5-2)9(11)6-3/h4-5,7H,1,6H2,2-3H3/b8-5-,10-7?. The first-order valence-corrected chi connectivity index (χ1v) is 3.60. The first-order valence-electron chi connectivity index (χ1n) is 3.60. The van der Waals surface area contributed by atoms with E-state index in [1.807, 2.05) is 6.92 Å². The Hall–Kier alpha value is -1.18. The average Bonchev–Trinajstić information content (AvgIpc) is 2.05. The Balaban J connectivity index is 4.31. The summed E-state index contributed by atoms with van der Waals surface area (Å²) in [5, 5.41) is 0. The predicted octanol–water partition coefficient (Wildman–Crippen LogP) is 2.13. The molecule has 0 aromatic carbocycles. The van der Waals surface area contributed by atoms with E-state index in [2.05, 4.69) is 11.6 Å². The van der Waals surface area contributed by atoms with Gasteiger partial charge in [0.1, 0.15) is 5.70 Å². The third-order valence-electron chi connectivity index (χ3n) is 1.20. The summed E-state index contributed by atoms with van der Waals surface area (Å²) in [4.78, 5) is 14.9. The Morgan fingerprint density at radius 1 is 1.64 bits per heavy atom. The topological polar surface area (TPSA) is 29.4 Å². The lowest BCUT2D eigenvalue weighted by molar-refractivity contribution is -0.115. The van der Waals surface area contributed by atoms with E-state index in [0.717, 1.165) is 0 Å². The Labute approximate surface area is 67.3 Å². The van der Waals surface area contributed by atoms with E-state index < -0.39 is 0 Å². The fourth-order valence-electron chi connectivity index (χ4n) is 0.622. The number of hydrogen-bond acceptors (Lipinski definition) is 2. The third kappa shape index (κ3) is 3.50. The van der Waals surface area contributed by atoms with Gasteiger partial charge < -0.3 is 0 Å². The van der Waals surface area contributed by atoms with E-state index in [0.29, 0.717) is 12.1 Å². The van der Waals surface area contributed by atoms with Gasteiger partial charge in [0.05, 0.1) is 0 Å². The minimum Gasteiger partial charge on any atom is -0.292 e. The Morgan fingerprint density at radius 3 is 2.64 bits per heavy atom. The summed E-state index contributed by atoms with van der Waals surface area (Å²) < 4.78 is 0. The highest BCUT2D eigenvalue weighted by Gasteiger charge is 2.01. The van der Waals surface area contributed by atoms with Crippen molar-refractivity contribution in [2.75, 3.05) is 0 Å². The highest BCUT2D eigenvalue weighted by molar-refractivity contribution is 5.96. The zero-order valence-corrected chi connectivity index (χ0v) is 7.00. The van der Waals surface area contributed by atoms with Crippen LogP contribution in [0.3, 0.4) is 0 Å². The normalized spacial score (nSPS) is 12.0. The highest BCUT2D eigenvalue weighted by Crippen LogP contribution is 2.00. The molecule has 0 spiro atoms. The Kier molecular flexibility index (Phi) is 4.99. The monoisotopic (exact) mass is 151 g/mol. The molecule has 11 heavy (non-hydrogen) atoms. The first-order chi connectivity index (χ1) is 5.26. The smallest absolute Gasteiger partial charge is 0.180 e. The molecule has 0 saturated carbocycles. The van der Waals surface area contributed by atoms with Gasteiger partial charge in [-0.15, -0.1) is 0 Å². The summed E-state index contributed by atoms with van der Waals surface area (Å²) in [5.74, 6) is 0.0607. The summed E-state index contributed by atoms with van der Waals surface area (Å²) in [7, 11) is 0. The van der Waals surface area contributed by atoms with Crippen LogP contribution in [0.1, 0.15) is 20.3 Å². The van der Waals surface area contributed by atoms with Crippen LogP contribution >= 0.6 is 0 Å². The number of rotatable bonds is 4. The maximum Gasteiger partial charge on any atom is 0.180 e. The van der Waals surface area contributed by atoms with Gasteiger partial charge in [0.25, 0.3) is 0 Å². The highest BCUT2D eigenvalue weighted by atomic mass is 16.1. The molecule has 0 bridgehead atoms. The van der Waals surface area contributed by atoms with E-state index in [9.17, 15) is 4.79 Å². The lowest BCUT2D eigenvalue weighted by Crippen LogP contribution is -1.97. The molecular weight excluding hydrogens is 138 g/mol. The van der Waals surface area contributed by atoms with E-state index in [-0.39, 0.29) is 5.78 Å². The maximum atomic E-state index is 11.0. The van der Waals surface area contributed by atoms with Gasteiger partial charge in [0.2, 0.25) is 0 Å². The number of carbonyl (C=O) groups excluding carboxylic acids is 1. The van der Waals surface area contributed by atoms with Gasteiger partial charge in [-0.3, -0.25) is 9.79 Å². The van der Waals surface area contributed by atoms with Crippen molar-refractivity contribution >= 4 is 12.0 Å². The molecule has 0 aromatic heterocycles. The molecule has 0 radical (unpaired) electrons. The molecule has 0 unspecified atom stereocenters. The van der Waals surface area contributed by atoms with Crippen LogP contribution < -0.4 is 0 Å². The van der Waals surface area contributed by atoms with Crippen LogP contribution in [0, 0.1) is 0 Å². The second kappa shape index (κ2) is 5.59. The average molecular weight is 151 g/mol. The number of Topliss-reactive ketones (excluding diaryl/α,β-unsaturated/α-hetero) is 1. The third-order valence-corrected chi connectivity index (χ3v) is 1.20. The van der Waals surface area contributed by atoms with Crippen LogP contribution in [0.2, 0.25) is 0 Å². The van der Waals surface area contributed by atoms with Crippen molar-refractivity contribution in [2.45, 2.75) is 20.3 Å². The molecule has 0 amide bonds. The molecular formula is C9H13NO. The molecule has 0 N–H and O–H groups in total. The maximum absolute atomic E-state index is 11.0. The van der Waals surface area contributed by atoms with Crippen LogP contribution in [0.15, 0.2) is 29.4 Å². The molecule has 2 heteroatoms. The van der Waals surface area contributed by atoms with Crippen molar-refractivity contribution in [1.29, 1.82) is 0 Å². The van der Waals surface area contributed by atoms with Crippen molar-refractivity contribution < 1.29 is 4.79 Å². The van der Waals surface area contributed by atoms with Gasteiger partial charge in [0.15, 0.2) is 5.78 Å². The second-order valence-electron chi connectivity index (χ2n) is 1.96. The summed E-state index contributed by atoms with van der Waals surface area (Å²) >= 11 is 0. The summed E-state index contributed by atoms with van der Waals surface area (Å²) in [6.45, 7) is 7.07. The number of hydrogen-bond donors (Lipinski definition) is 0. The van der Waals surface area contributed by atoms with Gasteiger partial charge in [-0.05, 0) is 6.92 Å². The quantitative estimate of drug-likeness (QED) is 0.447. The number of nitrogens with zero attached hydrogens (tertiary/aromatic N) is 1. The zero-order chi connectivity index (χ0) is 8.69. The van der Waals surface area contributed by atoms with Crippen molar-refractivity contribution in [2.24, 2.45) is 4.99 Å². The van der Waals surface area contributed by atoms with Crippen LogP contribution in [-0.4, -0.2) is 12.0 Å². The van der Waals surface area contributed by atoms with E-state index >= 15 is 0 Å². The number of carbonyl (C=O) groups is 1. The van der Waals surface area contributed by atoms with Crippen LogP contribution in [0.4, 0.5) is 0 Å². The van der Waals surface area contributed by atoms with Crippen molar-refractivity contribution in [3.63, 3.8) is 0 Å². The lowest BCUT2D eigenvalue weighted by atomic mass is 10.2. The number of aliphatic imine (C=N–C) groups is 1. The van der Waals surface area contributed by atoms with Gasteiger partial charge in [0, 0.05) is 12.6 Å². The fraction of sp³-hybridized carbons (Fsp3) is 0.333. The van der Waals surface area contributed by atoms with Crippen LogP contribution in [-0.2, 0) is 4.79 Å². The molecule has 2 nitrogen and oxygen atoms in total. The van der Waals surface area contributed by atoms with Crippen molar-refractivity contribution in [3.05, 3.63) is 24.4 Å². The molecule has 0 aliphatic carbocycles. The molecule has 0 heterocycles. The molecule has 0 fully saturated rings. The predicted molar refractivity (Wildman–Crippen MR) is 47.7 cm³/mol. The van der Waals surface area contributed by atoms with Crippen molar-refractivity contribution in [1.82, 2.24) is 0 Å². The van der Waals surface area contributed by atoms with Crippen LogP contribution in [0.25, 0.3) is 0 Å². The summed E-state index contributed by atoms with van der Waals surface area (Å²) in [6, 6.07) is 0. The molecule has 0 saturated heterocycles. The van der Waals surface area contributed by atoms with Gasteiger partial charge in [-0.2, -0.15) is 0 Å². The molecule has 0 aromatic rings. The minimum atomic E-state index is 0.0607. The molecule has 0 aliphatic rings. The Bertz CT molecular complexity index is 202. The molecule has 0 atom stereocenters. The number of ketones is 1. The first kappa shape index (κ1) is 9.82.